The van der Waals surface area contributed by atoms with Gasteiger partial charge >= 0.3 is 6.18 Å². The van der Waals surface area contributed by atoms with Crippen LogP contribution in [0.1, 0.15) is 21.7 Å². The standard InChI is InChI=1S/C23H22F3N3O4S/c24-23(25,26)18-3-1-4-19(15-18)27-34(31,32)21-8-6-17(7-9-21)22(30)29-12-10-28(11-13-29)16-20-5-2-14-33-20/h1-9,14-15,27H,10-13,16H2. The highest BCUT2D eigenvalue weighted by Gasteiger charge is 2.31. The number of halogens is 3. The van der Waals surface area contributed by atoms with E-state index >= 15 is 0 Å². The van der Waals surface area contributed by atoms with Crippen LogP contribution in [0.25, 0.3) is 0 Å². The van der Waals surface area contributed by atoms with Crippen LogP contribution in [0.15, 0.2) is 76.2 Å². The fourth-order valence-corrected chi connectivity index (χ4v) is 4.71. The van der Waals surface area contributed by atoms with Crippen molar-refractivity contribution in [2.24, 2.45) is 0 Å². The second-order valence-corrected chi connectivity index (χ2v) is 9.54. The summed E-state index contributed by atoms with van der Waals surface area (Å²) < 4.78 is 71.4. The summed E-state index contributed by atoms with van der Waals surface area (Å²) in [7, 11) is -4.13. The Labute approximate surface area is 194 Å². The summed E-state index contributed by atoms with van der Waals surface area (Å²) in [4.78, 5) is 16.5. The molecule has 1 amide bonds. The lowest BCUT2D eigenvalue weighted by molar-refractivity contribution is -0.137. The molecule has 4 rings (SSSR count). The molecule has 2 aromatic carbocycles. The van der Waals surface area contributed by atoms with Crippen LogP contribution in [0.2, 0.25) is 0 Å². The van der Waals surface area contributed by atoms with E-state index in [0.717, 1.165) is 24.0 Å². The van der Waals surface area contributed by atoms with E-state index in [1.165, 1.54) is 30.3 Å². The highest BCUT2D eigenvalue weighted by Crippen LogP contribution is 2.31. The number of hydrogen-bond acceptors (Lipinski definition) is 5. The number of rotatable bonds is 6. The van der Waals surface area contributed by atoms with Gasteiger partial charge in [-0.2, -0.15) is 13.2 Å². The molecule has 1 fully saturated rings. The Hall–Kier alpha value is -3.31. The molecule has 0 saturated carbocycles. The highest BCUT2D eigenvalue weighted by molar-refractivity contribution is 7.92. The van der Waals surface area contributed by atoms with E-state index in [9.17, 15) is 26.4 Å². The van der Waals surface area contributed by atoms with E-state index in [2.05, 4.69) is 9.62 Å². The maximum absolute atomic E-state index is 12.9. The minimum atomic E-state index is -4.59. The van der Waals surface area contributed by atoms with E-state index in [0.29, 0.717) is 38.3 Å². The van der Waals surface area contributed by atoms with Gasteiger partial charge in [0.1, 0.15) is 5.76 Å². The summed E-state index contributed by atoms with van der Waals surface area (Å²) in [6.07, 6.45) is -2.97. The van der Waals surface area contributed by atoms with Gasteiger partial charge in [-0.05, 0) is 54.6 Å². The summed E-state index contributed by atoms with van der Waals surface area (Å²) in [6, 6.07) is 13.0. The van der Waals surface area contributed by atoms with Gasteiger partial charge in [0.05, 0.1) is 23.3 Å². The van der Waals surface area contributed by atoms with Crippen molar-refractivity contribution in [1.29, 1.82) is 0 Å². The third-order valence-electron chi connectivity index (χ3n) is 5.47. The number of sulfonamides is 1. The molecule has 0 radical (unpaired) electrons. The molecular formula is C23H22F3N3O4S. The number of alkyl halides is 3. The SMILES string of the molecule is O=C(c1ccc(S(=O)(=O)Nc2cccc(C(F)(F)F)c2)cc1)N1CCN(Cc2ccco2)CC1. The van der Waals surface area contributed by atoms with Gasteiger partial charge in [-0.1, -0.05) is 6.07 Å². The zero-order valence-corrected chi connectivity index (χ0v) is 18.8. The first-order chi connectivity index (χ1) is 16.1. The fourth-order valence-electron chi connectivity index (χ4n) is 3.66. The molecule has 1 aliphatic heterocycles. The van der Waals surface area contributed by atoms with Crippen LogP contribution >= 0.6 is 0 Å². The van der Waals surface area contributed by atoms with Gasteiger partial charge in [-0.15, -0.1) is 0 Å². The molecule has 1 saturated heterocycles. The van der Waals surface area contributed by atoms with Gasteiger partial charge in [0.25, 0.3) is 15.9 Å². The van der Waals surface area contributed by atoms with E-state index < -0.39 is 21.8 Å². The fraction of sp³-hybridized carbons (Fsp3) is 0.261. The summed E-state index contributed by atoms with van der Waals surface area (Å²) in [5.74, 6) is 0.641. The van der Waals surface area contributed by atoms with Gasteiger partial charge < -0.3 is 9.32 Å². The first-order valence-electron chi connectivity index (χ1n) is 10.5. The molecule has 180 valence electrons. The number of furan rings is 1. The Morgan fingerprint density at radius 2 is 1.68 bits per heavy atom. The lowest BCUT2D eigenvalue weighted by Gasteiger charge is -2.34. The number of nitrogens with one attached hydrogen (secondary N) is 1. The highest BCUT2D eigenvalue weighted by atomic mass is 32.2. The van der Waals surface area contributed by atoms with Gasteiger partial charge in [0.15, 0.2) is 0 Å². The number of carbonyl (C=O) groups is 1. The normalized spacial score (nSPS) is 15.3. The third kappa shape index (κ3) is 5.60. The lowest BCUT2D eigenvalue weighted by Crippen LogP contribution is -2.48. The molecule has 0 aliphatic carbocycles. The summed E-state index contributed by atoms with van der Waals surface area (Å²) in [5.41, 5.74) is -0.835. The van der Waals surface area contributed by atoms with E-state index in [-0.39, 0.29) is 16.5 Å². The second kappa shape index (κ2) is 9.51. The zero-order valence-electron chi connectivity index (χ0n) is 18.0. The van der Waals surface area contributed by atoms with E-state index in [4.69, 9.17) is 4.42 Å². The topological polar surface area (TPSA) is 82.9 Å². The number of benzene rings is 2. The number of hydrogen-bond donors (Lipinski definition) is 1. The number of piperazine rings is 1. The molecular weight excluding hydrogens is 471 g/mol. The number of carbonyl (C=O) groups excluding carboxylic acids is 1. The summed E-state index contributed by atoms with van der Waals surface area (Å²) >= 11 is 0. The van der Waals surface area contributed by atoms with Crippen LogP contribution in [0.3, 0.4) is 0 Å². The van der Waals surface area contributed by atoms with Crippen molar-refractivity contribution in [2.45, 2.75) is 17.6 Å². The van der Waals surface area contributed by atoms with E-state index in [1.807, 2.05) is 12.1 Å². The Kier molecular flexibility index (Phi) is 6.67. The molecule has 1 aliphatic rings. The molecule has 0 atom stereocenters. The second-order valence-electron chi connectivity index (χ2n) is 7.86. The van der Waals surface area contributed by atoms with Gasteiger partial charge in [-0.25, -0.2) is 8.42 Å². The average Bonchev–Trinajstić information content (AvgIpc) is 3.32. The van der Waals surface area contributed by atoms with Crippen LogP contribution in [-0.2, 0) is 22.7 Å². The Morgan fingerprint density at radius 1 is 0.971 bits per heavy atom. The Balaban J connectivity index is 1.38. The smallest absolute Gasteiger partial charge is 0.416 e. The van der Waals surface area contributed by atoms with Crippen molar-refractivity contribution in [3.05, 3.63) is 83.8 Å². The van der Waals surface area contributed by atoms with Crippen molar-refractivity contribution in [2.75, 3.05) is 30.9 Å². The minimum Gasteiger partial charge on any atom is -0.468 e. The summed E-state index contributed by atoms with van der Waals surface area (Å²) in [5, 5.41) is 0. The van der Waals surface area contributed by atoms with Gasteiger partial charge in [0.2, 0.25) is 0 Å². The Morgan fingerprint density at radius 3 is 2.29 bits per heavy atom. The van der Waals surface area contributed by atoms with Crippen molar-refractivity contribution < 1.29 is 30.8 Å². The Bertz CT molecular complexity index is 1240. The predicted octanol–water partition coefficient (Wildman–Crippen LogP) is 4.06. The van der Waals surface area contributed by atoms with Crippen LogP contribution < -0.4 is 4.72 Å². The quantitative estimate of drug-likeness (QED) is 0.560. The lowest BCUT2D eigenvalue weighted by atomic mass is 10.2. The summed E-state index contributed by atoms with van der Waals surface area (Å²) in [6.45, 7) is 3.08. The maximum atomic E-state index is 12.9. The van der Waals surface area contributed by atoms with Crippen molar-refractivity contribution >= 4 is 21.6 Å². The first-order valence-corrected chi connectivity index (χ1v) is 11.9. The van der Waals surface area contributed by atoms with Crippen molar-refractivity contribution in [3.8, 4) is 0 Å². The van der Waals surface area contributed by atoms with Crippen molar-refractivity contribution in [1.82, 2.24) is 9.80 Å². The average molecular weight is 494 g/mol. The first kappa shape index (κ1) is 23.8. The molecule has 11 heteroatoms. The molecule has 7 nitrogen and oxygen atoms in total. The third-order valence-corrected chi connectivity index (χ3v) is 6.87. The minimum absolute atomic E-state index is 0.162. The predicted molar refractivity (Wildman–Crippen MR) is 119 cm³/mol. The van der Waals surface area contributed by atoms with Gasteiger partial charge in [0, 0.05) is 37.4 Å². The van der Waals surface area contributed by atoms with Crippen molar-refractivity contribution in [3.63, 3.8) is 0 Å². The molecule has 1 aromatic heterocycles. The van der Waals surface area contributed by atoms with Crippen LogP contribution in [-0.4, -0.2) is 50.3 Å². The maximum Gasteiger partial charge on any atom is 0.416 e. The largest absolute Gasteiger partial charge is 0.468 e. The van der Waals surface area contributed by atoms with Crippen LogP contribution in [0, 0.1) is 0 Å². The molecule has 1 N–H and O–H groups in total. The molecule has 2 heterocycles. The van der Waals surface area contributed by atoms with E-state index in [1.54, 1.807) is 11.2 Å². The van der Waals surface area contributed by atoms with Crippen LogP contribution in [0.5, 0.6) is 0 Å². The molecule has 0 unspecified atom stereocenters. The molecule has 34 heavy (non-hydrogen) atoms. The number of anilines is 1. The zero-order chi connectivity index (χ0) is 24.3. The van der Waals surface area contributed by atoms with Crippen LogP contribution in [0.4, 0.5) is 18.9 Å². The molecule has 0 spiro atoms. The monoisotopic (exact) mass is 493 g/mol. The number of amides is 1. The molecule has 0 bridgehead atoms. The number of nitrogens with zero attached hydrogens (tertiary/aromatic N) is 2. The van der Waals surface area contributed by atoms with Gasteiger partial charge in [-0.3, -0.25) is 14.4 Å². The molecule has 3 aromatic rings.